The van der Waals surface area contributed by atoms with E-state index in [0.717, 1.165) is 6.08 Å². The summed E-state index contributed by atoms with van der Waals surface area (Å²) in [6.07, 6.45) is 2.49. The van der Waals surface area contributed by atoms with Gasteiger partial charge in [0.25, 0.3) is 5.91 Å². The van der Waals surface area contributed by atoms with Gasteiger partial charge in [-0.1, -0.05) is 18.2 Å². The van der Waals surface area contributed by atoms with Gasteiger partial charge < -0.3 is 14.7 Å². The number of nitrogens with zero attached hydrogens (tertiary/aromatic N) is 1. The molecule has 94 valence electrons. The highest BCUT2D eigenvalue weighted by Crippen LogP contribution is 2.22. The monoisotopic (exact) mass is 247 g/mol. The zero-order chi connectivity index (χ0) is 13.0. The number of carbonyl (C=O) groups is 2. The summed E-state index contributed by atoms with van der Waals surface area (Å²) in [7, 11) is 0. The van der Waals surface area contributed by atoms with Crippen LogP contribution >= 0.6 is 0 Å². The van der Waals surface area contributed by atoms with Gasteiger partial charge in [0.1, 0.15) is 12.4 Å². The molecule has 18 heavy (non-hydrogen) atoms. The van der Waals surface area contributed by atoms with Crippen LogP contribution in [0.3, 0.4) is 0 Å². The Labute approximate surface area is 104 Å². The highest BCUT2D eigenvalue weighted by atomic mass is 16.5. The lowest BCUT2D eigenvalue weighted by Crippen LogP contribution is -2.32. The van der Waals surface area contributed by atoms with Crippen molar-refractivity contribution >= 4 is 11.9 Å². The molecule has 0 fully saturated rings. The number of hydrogen-bond acceptors (Lipinski definition) is 3. The van der Waals surface area contributed by atoms with E-state index in [1.165, 1.54) is 6.08 Å². The second-order valence-corrected chi connectivity index (χ2v) is 3.84. The smallest absolute Gasteiger partial charge is 0.328 e. The van der Waals surface area contributed by atoms with Crippen molar-refractivity contribution in [1.29, 1.82) is 0 Å². The first-order valence-corrected chi connectivity index (χ1v) is 5.59. The van der Waals surface area contributed by atoms with Gasteiger partial charge in [-0.05, 0) is 12.1 Å². The molecule has 0 unspecified atom stereocenters. The Morgan fingerprint density at radius 3 is 3.00 bits per heavy atom. The molecule has 0 aliphatic carbocycles. The Balaban J connectivity index is 2.15. The van der Waals surface area contributed by atoms with E-state index in [0.29, 0.717) is 24.5 Å². The minimum atomic E-state index is -1.02. The standard InChI is InChI=1S/C13H13NO4/c15-12(16)6-3-7-14-8-9-18-11-5-2-1-4-10(11)13(14)17/h1-6H,7-9H2,(H,15,16)/b6-3+. The normalized spacial score (nSPS) is 15.1. The molecule has 5 nitrogen and oxygen atoms in total. The fourth-order valence-corrected chi connectivity index (χ4v) is 1.76. The van der Waals surface area contributed by atoms with Gasteiger partial charge in [-0.15, -0.1) is 0 Å². The van der Waals surface area contributed by atoms with Gasteiger partial charge in [0.2, 0.25) is 0 Å². The van der Waals surface area contributed by atoms with E-state index in [2.05, 4.69) is 0 Å². The molecule has 1 aromatic rings. The van der Waals surface area contributed by atoms with Crippen molar-refractivity contribution in [3.8, 4) is 5.75 Å². The van der Waals surface area contributed by atoms with E-state index in [1.807, 2.05) is 6.07 Å². The number of carbonyl (C=O) groups excluding carboxylic acids is 1. The molecule has 0 bridgehead atoms. The van der Waals surface area contributed by atoms with Gasteiger partial charge in [-0.2, -0.15) is 0 Å². The number of carboxylic acid groups (broad SMARTS) is 1. The number of amides is 1. The maximum absolute atomic E-state index is 12.2. The maximum Gasteiger partial charge on any atom is 0.328 e. The molecule has 1 aliphatic rings. The lowest BCUT2D eigenvalue weighted by Gasteiger charge is -2.17. The minimum absolute atomic E-state index is 0.141. The van der Waals surface area contributed by atoms with Crippen LogP contribution in [-0.4, -0.2) is 41.6 Å². The fourth-order valence-electron chi connectivity index (χ4n) is 1.76. The van der Waals surface area contributed by atoms with Crippen LogP contribution < -0.4 is 4.74 Å². The van der Waals surface area contributed by atoms with E-state index < -0.39 is 5.97 Å². The van der Waals surface area contributed by atoms with E-state index >= 15 is 0 Å². The van der Waals surface area contributed by atoms with Crippen molar-refractivity contribution in [3.63, 3.8) is 0 Å². The first-order chi connectivity index (χ1) is 8.68. The van der Waals surface area contributed by atoms with Gasteiger partial charge in [-0.3, -0.25) is 4.79 Å². The van der Waals surface area contributed by atoms with Crippen molar-refractivity contribution in [2.75, 3.05) is 19.7 Å². The summed E-state index contributed by atoms with van der Waals surface area (Å²) in [5, 5.41) is 8.51. The lowest BCUT2D eigenvalue weighted by molar-refractivity contribution is -0.131. The Kier molecular flexibility index (Phi) is 3.62. The molecule has 2 rings (SSSR count). The van der Waals surface area contributed by atoms with E-state index in [1.54, 1.807) is 23.1 Å². The largest absolute Gasteiger partial charge is 0.491 e. The van der Waals surface area contributed by atoms with Gasteiger partial charge in [0.05, 0.1) is 12.1 Å². The molecular formula is C13H13NO4. The molecule has 1 heterocycles. The predicted octanol–water partition coefficient (Wildman–Crippen LogP) is 1.16. The molecule has 1 aliphatic heterocycles. The summed E-state index contributed by atoms with van der Waals surface area (Å²) < 4.78 is 5.47. The van der Waals surface area contributed by atoms with Crippen LogP contribution in [0.4, 0.5) is 0 Å². The number of carboxylic acids is 1. The molecule has 1 amide bonds. The van der Waals surface area contributed by atoms with Gasteiger partial charge >= 0.3 is 5.97 Å². The molecule has 0 saturated carbocycles. The summed E-state index contributed by atoms with van der Waals surface area (Å²) in [4.78, 5) is 24.1. The highest BCUT2D eigenvalue weighted by Gasteiger charge is 2.21. The van der Waals surface area contributed by atoms with Crippen molar-refractivity contribution in [3.05, 3.63) is 42.0 Å². The topological polar surface area (TPSA) is 66.8 Å². The molecule has 0 saturated heterocycles. The summed E-state index contributed by atoms with van der Waals surface area (Å²) in [5.74, 6) is -0.584. The van der Waals surface area contributed by atoms with Crippen LogP contribution in [-0.2, 0) is 4.79 Å². The number of aliphatic carboxylic acids is 1. The van der Waals surface area contributed by atoms with Crippen LogP contribution in [0.25, 0.3) is 0 Å². The average Bonchev–Trinajstić information content (AvgIpc) is 2.50. The number of rotatable bonds is 3. The fraction of sp³-hybridized carbons (Fsp3) is 0.231. The zero-order valence-electron chi connectivity index (χ0n) is 9.70. The second kappa shape index (κ2) is 5.35. The van der Waals surface area contributed by atoms with E-state index in [9.17, 15) is 9.59 Å². The van der Waals surface area contributed by atoms with Crippen LogP contribution in [0.2, 0.25) is 0 Å². The third-order valence-electron chi connectivity index (χ3n) is 2.61. The quantitative estimate of drug-likeness (QED) is 0.814. The molecule has 5 heteroatoms. The summed E-state index contributed by atoms with van der Waals surface area (Å²) in [6, 6.07) is 7.05. The van der Waals surface area contributed by atoms with Crippen LogP contribution in [0.5, 0.6) is 5.75 Å². The maximum atomic E-state index is 12.2. The summed E-state index contributed by atoms with van der Waals surface area (Å²) >= 11 is 0. The molecular weight excluding hydrogens is 234 g/mol. The zero-order valence-corrected chi connectivity index (χ0v) is 9.70. The SMILES string of the molecule is O=C(O)/C=C/CN1CCOc2ccccc2C1=O. The van der Waals surface area contributed by atoms with Crippen molar-refractivity contribution < 1.29 is 19.4 Å². The van der Waals surface area contributed by atoms with Gasteiger partial charge in [0, 0.05) is 12.6 Å². The predicted molar refractivity (Wildman–Crippen MR) is 64.6 cm³/mol. The highest BCUT2D eigenvalue weighted by molar-refractivity contribution is 5.97. The lowest BCUT2D eigenvalue weighted by atomic mass is 10.2. The van der Waals surface area contributed by atoms with Crippen molar-refractivity contribution in [2.24, 2.45) is 0 Å². The molecule has 0 aromatic heterocycles. The first kappa shape index (κ1) is 12.2. The number of ether oxygens (including phenoxy) is 1. The average molecular weight is 247 g/mol. The third kappa shape index (κ3) is 2.68. The van der Waals surface area contributed by atoms with Crippen molar-refractivity contribution in [2.45, 2.75) is 0 Å². The molecule has 1 aromatic carbocycles. The van der Waals surface area contributed by atoms with E-state index in [-0.39, 0.29) is 12.5 Å². The Bertz CT molecular complexity index is 496. The molecule has 0 radical (unpaired) electrons. The number of benzene rings is 1. The third-order valence-corrected chi connectivity index (χ3v) is 2.61. The molecule has 1 N–H and O–H groups in total. The van der Waals surface area contributed by atoms with Crippen LogP contribution in [0.1, 0.15) is 10.4 Å². The minimum Gasteiger partial charge on any atom is -0.491 e. The molecule has 0 spiro atoms. The number of para-hydroxylation sites is 1. The Morgan fingerprint density at radius 1 is 1.44 bits per heavy atom. The summed E-state index contributed by atoms with van der Waals surface area (Å²) in [6.45, 7) is 1.12. The van der Waals surface area contributed by atoms with Gasteiger partial charge in [0.15, 0.2) is 0 Å². The van der Waals surface area contributed by atoms with Gasteiger partial charge in [-0.25, -0.2) is 4.79 Å². The number of fused-ring (bicyclic) bond motifs is 1. The number of hydrogen-bond donors (Lipinski definition) is 1. The first-order valence-electron chi connectivity index (χ1n) is 5.59. The van der Waals surface area contributed by atoms with Crippen molar-refractivity contribution in [1.82, 2.24) is 4.90 Å². The van der Waals surface area contributed by atoms with Crippen LogP contribution in [0, 0.1) is 0 Å². The summed E-state index contributed by atoms with van der Waals surface area (Å²) in [5.41, 5.74) is 0.513. The Hall–Kier alpha value is -2.30. The second-order valence-electron chi connectivity index (χ2n) is 3.84. The van der Waals surface area contributed by atoms with Crippen LogP contribution in [0.15, 0.2) is 36.4 Å². The Morgan fingerprint density at radius 2 is 2.22 bits per heavy atom. The molecule has 0 atom stereocenters. The van der Waals surface area contributed by atoms with E-state index in [4.69, 9.17) is 9.84 Å².